The maximum atomic E-state index is 9.34. The topological polar surface area (TPSA) is 189 Å². The third-order valence-corrected chi connectivity index (χ3v) is 3.12. The van der Waals surface area contributed by atoms with Crippen molar-refractivity contribution in [2.45, 2.75) is 0 Å². The van der Waals surface area contributed by atoms with Crippen LogP contribution in [0.4, 0.5) is 0 Å². The van der Waals surface area contributed by atoms with Crippen LogP contribution in [-0.2, 0) is 38.5 Å². The summed E-state index contributed by atoms with van der Waals surface area (Å²) in [6, 6.07) is 0. The Kier molecular flexibility index (Phi) is 19.5. The van der Waals surface area contributed by atoms with Crippen molar-refractivity contribution in [2.24, 2.45) is 0 Å². The van der Waals surface area contributed by atoms with Crippen molar-refractivity contribution < 1.29 is 124 Å². The smallest absolute Gasteiger partial charge is 0.761 e. The van der Waals surface area contributed by atoms with E-state index in [0.29, 0.717) is 0 Å². The molecule has 0 aromatic carbocycles. The number of hydrogen-bond acceptors (Lipinski definition) is 8. The quantitative estimate of drug-likeness (QED) is 0.209. The minimum absolute atomic E-state index is 0. The Morgan fingerprint density at radius 1 is 1.06 bits per heavy atom. The average molecular weight is 352 g/mol. The predicted molar refractivity (Wildman–Crippen MR) is 40.9 cm³/mol. The van der Waals surface area contributed by atoms with Gasteiger partial charge in [0, 0.05) is 0 Å². The van der Waals surface area contributed by atoms with Gasteiger partial charge in [0.1, 0.15) is 0 Å². The van der Waals surface area contributed by atoms with Crippen LogP contribution in [0.1, 0.15) is 0 Å². The molecule has 0 rings (SSSR count). The van der Waals surface area contributed by atoms with E-state index in [1.54, 1.807) is 0 Å². The number of hydrogen-bond donors (Lipinski definition) is 2. The molecule has 0 saturated carbocycles. The van der Waals surface area contributed by atoms with Gasteiger partial charge >= 0.3 is 100 Å². The summed E-state index contributed by atoms with van der Waals surface area (Å²) in [5.41, 5.74) is 0. The van der Waals surface area contributed by atoms with Crippen molar-refractivity contribution in [3.8, 4) is 0 Å². The Balaban J connectivity index is -0.0000000800. The molecule has 0 heterocycles. The molecule has 0 spiro atoms. The van der Waals surface area contributed by atoms with Crippen LogP contribution in [0.15, 0.2) is 0 Å². The molecule has 16 heteroatoms. The molecule has 10 nitrogen and oxygen atoms in total. The van der Waals surface area contributed by atoms with Gasteiger partial charge in [-0.3, -0.25) is 13.3 Å². The molecule has 2 unspecified atom stereocenters. The molecule has 2 N–H and O–H groups in total. The van der Waals surface area contributed by atoms with Gasteiger partial charge in [-0.25, -0.2) is 12.6 Å². The fourth-order valence-electron chi connectivity index (χ4n) is 0. The van der Waals surface area contributed by atoms with E-state index in [1.165, 1.54) is 0 Å². The van der Waals surface area contributed by atoms with Crippen LogP contribution in [0.5, 0.6) is 0 Å². The molecule has 88 valence electrons. The molecule has 0 saturated heterocycles. The third-order valence-electron chi connectivity index (χ3n) is 0.347. The first kappa shape index (κ1) is 27.1. The second-order valence-corrected chi connectivity index (χ2v) is 7.93. The molecule has 16 heavy (non-hydrogen) atoms. The monoisotopic (exact) mass is 352 g/mol. The standard InChI is InChI=1S/K.Na.2H2O5S2/c;;2*1-6(2)7(3,4)5/h;;2*(H,1,2)(H,3,4,5)/q2*+1;;/p-2. The van der Waals surface area contributed by atoms with Crippen LogP contribution >= 0.6 is 0 Å². The summed E-state index contributed by atoms with van der Waals surface area (Å²) in [6.45, 7) is 0. The molecule has 2 atom stereocenters. The zero-order valence-electron chi connectivity index (χ0n) is 7.79. The van der Waals surface area contributed by atoms with Crippen molar-refractivity contribution in [1.29, 1.82) is 0 Å². The first-order chi connectivity index (χ1) is 5.89. The second-order valence-electron chi connectivity index (χ2n) is 1.26. The Hall–Kier alpha value is 2.68. The minimum atomic E-state index is -5.07. The molecule has 0 amide bonds. The molecule has 0 aliphatic carbocycles. The molecular formula is H2KNaO10S4. The molecule has 0 aliphatic rings. The van der Waals surface area contributed by atoms with Gasteiger partial charge < -0.3 is 9.11 Å². The van der Waals surface area contributed by atoms with Gasteiger partial charge in [0.15, 0.2) is 9.15 Å². The Morgan fingerprint density at radius 3 is 1.19 bits per heavy atom. The first-order valence-electron chi connectivity index (χ1n) is 2.03. The third kappa shape index (κ3) is 19.0. The fourth-order valence-corrected chi connectivity index (χ4v) is 0. The van der Waals surface area contributed by atoms with Gasteiger partial charge in [0.05, 0.1) is 10.1 Å². The SMILES string of the molecule is O=S(O)S(=O)(=O)O.O=S([O-])S(=O)(=O)[O-].[K+].[Na+]. The van der Waals surface area contributed by atoms with Crippen LogP contribution in [0.25, 0.3) is 0 Å². The van der Waals surface area contributed by atoms with E-state index in [4.69, 9.17) is 30.8 Å². The van der Waals surface area contributed by atoms with E-state index in [2.05, 4.69) is 0 Å². The molecule has 0 bridgehead atoms. The van der Waals surface area contributed by atoms with Gasteiger partial charge in [-0.2, -0.15) is 8.42 Å². The van der Waals surface area contributed by atoms with Gasteiger partial charge in [-0.05, 0) is 0 Å². The van der Waals surface area contributed by atoms with Gasteiger partial charge in [-0.1, -0.05) is 0 Å². The van der Waals surface area contributed by atoms with E-state index >= 15 is 0 Å². The zero-order valence-corrected chi connectivity index (χ0v) is 16.2. The van der Waals surface area contributed by atoms with Crippen LogP contribution < -0.4 is 80.9 Å². The predicted octanol–water partition coefficient (Wildman–Crippen LogP) is -8.66. The fraction of sp³-hybridized carbons (Fsp3) is 0. The van der Waals surface area contributed by atoms with Gasteiger partial charge in [-0.15, -0.1) is 0 Å². The van der Waals surface area contributed by atoms with E-state index in [0.717, 1.165) is 0 Å². The average Bonchev–Trinajstić information content (AvgIpc) is 1.83. The summed E-state index contributed by atoms with van der Waals surface area (Å²) < 4.78 is 88.7. The minimum Gasteiger partial charge on any atom is -0.761 e. The summed E-state index contributed by atoms with van der Waals surface area (Å²) >= 11 is 0. The summed E-state index contributed by atoms with van der Waals surface area (Å²) in [5, 5.41) is 0. The summed E-state index contributed by atoms with van der Waals surface area (Å²) in [7, 11) is -16.5. The summed E-state index contributed by atoms with van der Waals surface area (Å²) in [6.07, 6.45) is 0. The largest absolute Gasteiger partial charge is 1.00 e. The Labute approximate surface area is 160 Å². The normalized spacial score (nSPS) is 14.2. The Morgan fingerprint density at radius 2 is 1.19 bits per heavy atom. The zero-order chi connectivity index (χ0) is 12.2. The molecule has 0 fully saturated rings. The van der Waals surface area contributed by atoms with E-state index in [-0.39, 0.29) is 80.9 Å². The van der Waals surface area contributed by atoms with Gasteiger partial charge in [0.25, 0.3) is 0 Å². The van der Waals surface area contributed by atoms with Crippen LogP contribution in [0, 0.1) is 0 Å². The van der Waals surface area contributed by atoms with E-state index < -0.39 is 38.5 Å². The summed E-state index contributed by atoms with van der Waals surface area (Å²) in [4.78, 5) is 0. The van der Waals surface area contributed by atoms with Crippen molar-refractivity contribution in [2.75, 3.05) is 0 Å². The number of rotatable bonds is 2. The van der Waals surface area contributed by atoms with Crippen molar-refractivity contribution in [3.05, 3.63) is 0 Å². The summed E-state index contributed by atoms with van der Waals surface area (Å²) in [5.74, 6) is 0. The van der Waals surface area contributed by atoms with Gasteiger partial charge in [0.2, 0.25) is 0 Å². The molecule has 0 aromatic rings. The second kappa shape index (κ2) is 11.5. The van der Waals surface area contributed by atoms with Crippen LogP contribution in [-0.4, -0.2) is 43.5 Å². The van der Waals surface area contributed by atoms with E-state index in [1.807, 2.05) is 0 Å². The Bertz CT molecular complexity index is 374. The van der Waals surface area contributed by atoms with Crippen molar-refractivity contribution in [1.82, 2.24) is 0 Å². The first-order valence-corrected chi connectivity index (χ1v) is 8.10. The molecule has 0 aromatic heterocycles. The van der Waals surface area contributed by atoms with Crippen molar-refractivity contribution >= 4 is 38.5 Å². The molecular weight excluding hydrogens is 350 g/mol. The van der Waals surface area contributed by atoms with Crippen LogP contribution in [0.2, 0.25) is 0 Å². The van der Waals surface area contributed by atoms with E-state index in [9.17, 15) is 12.6 Å². The van der Waals surface area contributed by atoms with Crippen LogP contribution in [0.3, 0.4) is 0 Å². The molecule has 0 radical (unpaired) electrons. The maximum absolute atomic E-state index is 9.34. The van der Waals surface area contributed by atoms with Crippen molar-refractivity contribution in [3.63, 3.8) is 0 Å². The maximum Gasteiger partial charge on any atom is 1.00 e. The molecule has 0 aliphatic heterocycles.